The van der Waals surface area contributed by atoms with E-state index in [1.807, 2.05) is 26.0 Å². The van der Waals surface area contributed by atoms with E-state index >= 15 is 0 Å². The number of carbonyl (C=O) groups excluding carboxylic acids is 1. The van der Waals surface area contributed by atoms with Crippen LogP contribution >= 0.6 is 0 Å². The molecule has 0 aliphatic carbocycles. The van der Waals surface area contributed by atoms with Gasteiger partial charge in [0.05, 0.1) is 13.2 Å². The number of ether oxygens (including phenoxy) is 2. The van der Waals surface area contributed by atoms with Crippen molar-refractivity contribution in [2.45, 2.75) is 26.9 Å². The maximum Gasteiger partial charge on any atom is 0.286 e. The van der Waals surface area contributed by atoms with E-state index in [4.69, 9.17) is 13.9 Å². The maximum absolute atomic E-state index is 12.2. The molecule has 0 unspecified atom stereocenters. The second kappa shape index (κ2) is 9.58. The molecule has 1 aromatic carbocycles. The van der Waals surface area contributed by atoms with Gasteiger partial charge in [-0.2, -0.15) is 0 Å². The Hall–Kier alpha value is -2.31. The molecule has 1 aliphatic rings. The van der Waals surface area contributed by atoms with Crippen LogP contribution in [0.5, 0.6) is 5.75 Å². The van der Waals surface area contributed by atoms with Crippen molar-refractivity contribution < 1.29 is 18.7 Å². The zero-order chi connectivity index (χ0) is 19.1. The van der Waals surface area contributed by atoms with Gasteiger partial charge in [0.1, 0.15) is 18.1 Å². The predicted octanol–water partition coefficient (Wildman–Crippen LogP) is 2.93. The molecule has 1 saturated heterocycles. The van der Waals surface area contributed by atoms with Crippen LogP contribution in [0.3, 0.4) is 0 Å². The first kappa shape index (κ1) is 19.5. The lowest BCUT2D eigenvalue weighted by Gasteiger charge is -2.26. The number of nitrogens with one attached hydrogen (secondary N) is 1. The van der Waals surface area contributed by atoms with E-state index in [0.29, 0.717) is 24.7 Å². The van der Waals surface area contributed by atoms with Gasteiger partial charge in [0.2, 0.25) is 0 Å². The Morgan fingerprint density at radius 2 is 2.00 bits per heavy atom. The first-order valence-electron chi connectivity index (χ1n) is 9.49. The van der Waals surface area contributed by atoms with Gasteiger partial charge in [-0.3, -0.25) is 9.69 Å². The van der Waals surface area contributed by atoms with Crippen LogP contribution in [0.4, 0.5) is 0 Å². The molecule has 1 N–H and O–H groups in total. The Labute approximate surface area is 160 Å². The summed E-state index contributed by atoms with van der Waals surface area (Å²) in [5, 5.41) is 2.91. The van der Waals surface area contributed by atoms with Gasteiger partial charge < -0.3 is 19.2 Å². The van der Waals surface area contributed by atoms with Crippen molar-refractivity contribution in [3.63, 3.8) is 0 Å². The molecule has 146 valence electrons. The second-order valence-corrected chi connectivity index (χ2v) is 6.89. The average Bonchev–Trinajstić information content (AvgIpc) is 3.16. The predicted molar refractivity (Wildman–Crippen MR) is 103 cm³/mol. The molecule has 1 aromatic heterocycles. The summed E-state index contributed by atoms with van der Waals surface area (Å²) in [6.07, 6.45) is 0.912. The Morgan fingerprint density at radius 3 is 2.81 bits per heavy atom. The monoisotopic (exact) mass is 372 g/mol. The van der Waals surface area contributed by atoms with Crippen molar-refractivity contribution in [1.82, 2.24) is 10.2 Å². The minimum atomic E-state index is -0.185. The van der Waals surface area contributed by atoms with Crippen molar-refractivity contribution in [3.05, 3.63) is 53.0 Å². The normalized spacial score (nSPS) is 14.9. The fourth-order valence-corrected chi connectivity index (χ4v) is 3.01. The number of rotatable bonds is 8. The van der Waals surface area contributed by atoms with Gasteiger partial charge in [-0.1, -0.05) is 12.1 Å². The molecular formula is C21H28N2O4. The van der Waals surface area contributed by atoms with E-state index in [9.17, 15) is 4.79 Å². The van der Waals surface area contributed by atoms with Crippen molar-refractivity contribution >= 4 is 5.91 Å². The Balaban J connectivity index is 1.41. The van der Waals surface area contributed by atoms with Crippen LogP contribution in [0, 0.1) is 13.8 Å². The topological polar surface area (TPSA) is 63.9 Å². The molecule has 3 rings (SSSR count). The maximum atomic E-state index is 12.2. The smallest absolute Gasteiger partial charge is 0.286 e. The zero-order valence-electron chi connectivity index (χ0n) is 16.1. The molecule has 1 fully saturated rings. The van der Waals surface area contributed by atoms with Crippen LogP contribution < -0.4 is 10.1 Å². The number of nitrogens with zero attached hydrogens (tertiary/aromatic N) is 1. The third kappa shape index (κ3) is 5.84. The standard InChI is InChI=1S/C21H28N2O4/c1-16-4-5-17(2)20(14-16)26-15-18-6-7-19(27-18)21(24)22-8-3-9-23-10-12-25-13-11-23/h4-7,14H,3,8-13,15H2,1-2H3,(H,22,24). The van der Waals surface area contributed by atoms with Crippen LogP contribution in [0.25, 0.3) is 0 Å². The lowest BCUT2D eigenvalue weighted by molar-refractivity contribution is 0.0374. The summed E-state index contributed by atoms with van der Waals surface area (Å²) in [6, 6.07) is 9.56. The number of furan rings is 1. The van der Waals surface area contributed by atoms with Gasteiger partial charge >= 0.3 is 0 Å². The highest BCUT2D eigenvalue weighted by molar-refractivity contribution is 5.91. The molecule has 0 bridgehead atoms. The van der Waals surface area contributed by atoms with E-state index in [0.717, 1.165) is 56.1 Å². The first-order chi connectivity index (χ1) is 13.1. The van der Waals surface area contributed by atoms with Gasteiger partial charge in [-0.15, -0.1) is 0 Å². The van der Waals surface area contributed by atoms with Gasteiger partial charge in [-0.05, 0) is 56.1 Å². The minimum absolute atomic E-state index is 0.185. The molecule has 2 heterocycles. The van der Waals surface area contributed by atoms with E-state index in [1.165, 1.54) is 0 Å². The van der Waals surface area contributed by atoms with Crippen LogP contribution in [-0.2, 0) is 11.3 Å². The van der Waals surface area contributed by atoms with Gasteiger partial charge in [0.25, 0.3) is 5.91 Å². The van der Waals surface area contributed by atoms with E-state index in [-0.39, 0.29) is 5.91 Å². The molecule has 0 radical (unpaired) electrons. The van der Waals surface area contributed by atoms with Crippen LogP contribution in [0.15, 0.2) is 34.7 Å². The number of hydrogen-bond acceptors (Lipinski definition) is 5. The highest BCUT2D eigenvalue weighted by Crippen LogP contribution is 2.21. The van der Waals surface area contributed by atoms with E-state index < -0.39 is 0 Å². The van der Waals surface area contributed by atoms with E-state index in [2.05, 4.69) is 16.3 Å². The Kier molecular flexibility index (Phi) is 6.90. The minimum Gasteiger partial charge on any atom is -0.485 e. The molecule has 6 nitrogen and oxygen atoms in total. The zero-order valence-corrected chi connectivity index (χ0v) is 16.1. The number of benzene rings is 1. The molecule has 1 amide bonds. The molecule has 2 aromatic rings. The largest absolute Gasteiger partial charge is 0.485 e. The lowest BCUT2D eigenvalue weighted by Crippen LogP contribution is -2.38. The highest BCUT2D eigenvalue weighted by Gasteiger charge is 2.13. The molecule has 0 atom stereocenters. The summed E-state index contributed by atoms with van der Waals surface area (Å²) in [6.45, 7) is 9.47. The Morgan fingerprint density at radius 1 is 1.19 bits per heavy atom. The summed E-state index contributed by atoms with van der Waals surface area (Å²) in [7, 11) is 0. The van der Waals surface area contributed by atoms with Crippen molar-refractivity contribution in [1.29, 1.82) is 0 Å². The second-order valence-electron chi connectivity index (χ2n) is 6.89. The van der Waals surface area contributed by atoms with Gasteiger partial charge in [0.15, 0.2) is 5.76 Å². The van der Waals surface area contributed by atoms with Crippen molar-refractivity contribution in [3.8, 4) is 5.75 Å². The number of amides is 1. The third-order valence-electron chi connectivity index (χ3n) is 4.64. The summed E-state index contributed by atoms with van der Waals surface area (Å²) < 4.78 is 16.8. The molecular weight excluding hydrogens is 344 g/mol. The SMILES string of the molecule is Cc1ccc(C)c(OCc2ccc(C(=O)NCCCN3CCOCC3)o2)c1. The molecule has 1 aliphatic heterocycles. The first-order valence-corrected chi connectivity index (χ1v) is 9.49. The average molecular weight is 372 g/mol. The summed E-state index contributed by atoms with van der Waals surface area (Å²) in [5.41, 5.74) is 2.22. The molecule has 0 saturated carbocycles. The summed E-state index contributed by atoms with van der Waals surface area (Å²) in [4.78, 5) is 14.6. The fraction of sp³-hybridized carbons (Fsp3) is 0.476. The molecule has 27 heavy (non-hydrogen) atoms. The fourth-order valence-electron chi connectivity index (χ4n) is 3.01. The number of carbonyl (C=O) groups is 1. The summed E-state index contributed by atoms with van der Waals surface area (Å²) in [5.74, 6) is 1.60. The summed E-state index contributed by atoms with van der Waals surface area (Å²) >= 11 is 0. The quantitative estimate of drug-likeness (QED) is 0.722. The third-order valence-corrected chi connectivity index (χ3v) is 4.64. The highest BCUT2D eigenvalue weighted by atomic mass is 16.5. The number of hydrogen-bond donors (Lipinski definition) is 1. The van der Waals surface area contributed by atoms with Crippen molar-refractivity contribution in [2.24, 2.45) is 0 Å². The van der Waals surface area contributed by atoms with Crippen molar-refractivity contribution in [2.75, 3.05) is 39.4 Å². The van der Waals surface area contributed by atoms with Crippen LogP contribution in [0.1, 0.15) is 33.9 Å². The van der Waals surface area contributed by atoms with Crippen LogP contribution in [0.2, 0.25) is 0 Å². The van der Waals surface area contributed by atoms with Gasteiger partial charge in [-0.25, -0.2) is 0 Å². The van der Waals surface area contributed by atoms with Crippen LogP contribution in [-0.4, -0.2) is 50.2 Å². The van der Waals surface area contributed by atoms with E-state index in [1.54, 1.807) is 12.1 Å². The van der Waals surface area contributed by atoms with Gasteiger partial charge in [0, 0.05) is 19.6 Å². The lowest BCUT2D eigenvalue weighted by atomic mass is 10.1. The number of morpholine rings is 1. The Bertz CT molecular complexity index is 750. The molecule has 6 heteroatoms. The molecule has 0 spiro atoms. The number of aryl methyl sites for hydroxylation is 2.